The number of aliphatic hydroxyl groups excluding tert-OH is 1. The molecular weight excluding hydrogens is 254 g/mol. The lowest BCUT2D eigenvalue weighted by Gasteiger charge is -2.18. The van der Waals surface area contributed by atoms with Gasteiger partial charge in [0.05, 0.1) is 12.7 Å². The fourth-order valence-corrected chi connectivity index (χ4v) is 1.74. The highest BCUT2D eigenvalue weighted by atomic mass is 16.5. The van der Waals surface area contributed by atoms with Crippen molar-refractivity contribution < 1.29 is 14.6 Å². The van der Waals surface area contributed by atoms with Crippen LogP contribution in [-0.2, 0) is 6.54 Å². The van der Waals surface area contributed by atoms with Gasteiger partial charge in [-0.05, 0) is 19.4 Å². The molecule has 2 N–H and O–H groups in total. The van der Waals surface area contributed by atoms with Crippen molar-refractivity contribution in [2.45, 2.75) is 52.8 Å². The van der Waals surface area contributed by atoms with Crippen molar-refractivity contribution >= 4 is 0 Å². The van der Waals surface area contributed by atoms with Crippen LogP contribution in [-0.4, -0.2) is 30.5 Å². The Hall–Kier alpha value is -1.26. The normalized spacial score (nSPS) is 12.5. The number of rotatable bonds is 9. The molecule has 0 radical (unpaired) electrons. The summed E-state index contributed by atoms with van der Waals surface area (Å²) in [6.45, 7) is 9.69. The van der Waals surface area contributed by atoms with E-state index in [-0.39, 0.29) is 6.61 Å². The Morgan fingerprint density at radius 3 is 2.55 bits per heavy atom. The Morgan fingerprint density at radius 1 is 1.20 bits per heavy atom. The fraction of sp³-hybridized carbons (Fsp3) is 0.625. The van der Waals surface area contributed by atoms with Gasteiger partial charge in [-0.15, -0.1) is 0 Å². The minimum atomic E-state index is -0.449. The van der Waals surface area contributed by atoms with E-state index in [1.807, 2.05) is 32.0 Å². The van der Waals surface area contributed by atoms with E-state index >= 15 is 0 Å². The number of benzene rings is 1. The molecule has 0 amide bonds. The molecule has 0 saturated heterocycles. The van der Waals surface area contributed by atoms with Crippen LogP contribution in [0.3, 0.4) is 0 Å². The van der Waals surface area contributed by atoms with E-state index in [1.54, 1.807) is 0 Å². The lowest BCUT2D eigenvalue weighted by molar-refractivity contribution is 0.101. The minimum absolute atomic E-state index is 0.287. The van der Waals surface area contributed by atoms with Crippen LogP contribution in [0.25, 0.3) is 0 Å². The summed E-state index contributed by atoms with van der Waals surface area (Å²) in [4.78, 5) is 0. The van der Waals surface area contributed by atoms with Crippen LogP contribution in [0.2, 0.25) is 0 Å². The van der Waals surface area contributed by atoms with Crippen LogP contribution in [0.5, 0.6) is 11.5 Å². The summed E-state index contributed by atoms with van der Waals surface area (Å²) in [6.07, 6.45) is 0.228. The summed E-state index contributed by atoms with van der Waals surface area (Å²) in [5.41, 5.74) is 1.05. The molecule has 0 aliphatic heterocycles. The monoisotopic (exact) mass is 281 g/mol. The smallest absolute Gasteiger partial charge is 0.165 e. The van der Waals surface area contributed by atoms with Gasteiger partial charge in [0.25, 0.3) is 0 Å². The van der Waals surface area contributed by atoms with Crippen LogP contribution >= 0.6 is 0 Å². The molecule has 0 bridgehead atoms. The first-order valence-electron chi connectivity index (χ1n) is 7.37. The zero-order valence-corrected chi connectivity index (χ0v) is 13.0. The second kappa shape index (κ2) is 8.82. The summed E-state index contributed by atoms with van der Waals surface area (Å²) in [7, 11) is 0. The summed E-state index contributed by atoms with van der Waals surface area (Å²) >= 11 is 0. The van der Waals surface area contributed by atoms with Crippen LogP contribution in [0.1, 0.15) is 39.7 Å². The van der Waals surface area contributed by atoms with E-state index in [0.717, 1.165) is 23.6 Å². The first-order chi connectivity index (χ1) is 9.58. The van der Waals surface area contributed by atoms with Crippen LogP contribution < -0.4 is 14.8 Å². The average molecular weight is 281 g/mol. The van der Waals surface area contributed by atoms with Gasteiger partial charge < -0.3 is 19.9 Å². The quantitative estimate of drug-likeness (QED) is 0.731. The number of hydrogen-bond donors (Lipinski definition) is 2. The van der Waals surface area contributed by atoms with Gasteiger partial charge in [-0.25, -0.2) is 0 Å². The minimum Gasteiger partial charge on any atom is -0.490 e. The summed E-state index contributed by atoms with van der Waals surface area (Å²) in [5, 5.41) is 13.0. The molecular formula is C16H27NO3. The zero-order valence-electron chi connectivity index (χ0n) is 13.0. The Labute approximate surface area is 122 Å². The molecule has 1 atom stereocenters. The van der Waals surface area contributed by atoms with Gasteiger partial charge in [-0.3, -0.25) is 0 Å². The maximum atomic E-state index is 9.67. The van der Waals surface area contributed by atoms with Gasteiger partial charge in [0.15, 0.2) is 11.5 Å². The molecule has 20 heavy (non-hydrogen) atoms. The van der Waals surface area contributed by atoms with Crippen LogP contribution in [0.4, 0.5) is 0 Å². The molecule has 114 valence electrons. The van der Waals surface area contributed by atoms with Crippen molar-refractivity contribution in [3.05, 3.63) is 23.8 Å². The van der Waals surface area contributed by atoms with E-state index in [4.69, 9.17) is 9.47 Å². The molecule has 0 aromatic heterocycles. The molecule has 1 aromatic rings. The van der Waals surface area contributed by atoms with E-state index in [0.29, 0.717) is 19.1 Å². The SMILES string of the molecule is CCOc1cccc(CNC(C)C)c1OCC(O)CC. The molecule has 4 nitrogen and oxygen atoms in total. The standard InChI is InChI=1S/C16H27NO3/c1-5-14(18)11-20-16-13(10-17-12(3)4)8-7-9-15(16)19-6-2/h7-9,12,14,17-18H,5-6,10-11H2,1-4H3. The van der Waals surface area contributed by atoms with Crippen LogP contribution in [0.15, 0.2) is 18.2 Å². The first-order valence-corrected chi connectivity index (χ1v) is 7.37. The van der Waals surface area contributed by atoms with Gasteiger partial charge >= 0.3 is 0 Å². The van der Waals surface area contributed by atoms with Crippen molar-refractivity contribution in [1.29, 1.82) is 0 Å². The molecule has 1 rings (SSSR count). The lowest BCUT2D eigenvalue weighted by Crippen LogP contribution is -2.23. The van der Waals surface area contributed by atoms with Crippen molar-refractivity contribution in [2.24, 2.45) is 0 Å². The summed E-state index contributed by atoms with van der Waals surface area (Å²) in [6, 6.07) is 6.28. The van der Waals surface area contributed by atoms with Crippen molar-refractivity contribution in [3.8, 4) is 11.5 Å². The van der Waals surface area contributed by atoms with Gasteiger partial charge in [0.2, 0.25) is 0 Å². The summed E-state index contributed by atoms with van der Waals surface area (Å²) < 4.78 is 11.4. The van der Waals surface area contributed by atoms with Gasteiger partial charge in [-0.1, -0.05) is 32.9 Å². The Morgan fingerprint density at radius 2 is 1.95 bits per heavy atom. The van der Waals surface area contributed by atoms with Gasteiger partial charge in [0.1, 0.15) is 6.61 Å². The third kappa shape index (κ3) is 5.39. The third-order valence-electron chi connectivity index (χ3n) is 2.95. The van der Waals surface area contributed by atoms with E-state index in [2.05, 4.69) is 19.2 Å². The highest BCUT2D eigenvalue weighted by molar-refractivity contribution is 5.46. The predicted molar refractivity (Wildman–Crippen MR) is 81.4 cm³/mol. The van der Waals surface area contributed by atoms with Crippen molar-refractivity contribution in [3.63, 3.8) is 0 Å². The molecule has 0 fully saturated rings. The fourth-order valence-electron chi connectivity index (χ4n) is 1.74. The number of aliphatic hydroxyl groups is 1. The van der Waals surface area contributed by atoms with Gasteiger partial charge in [-0.2, -0.15) is 0 Å². The number of ether oxygens (including phenoxy) is 2. The highest BCUT2D eigenvalue weighted by Gasteiger charge is 2.13. The van der Waals surface area contributed by atoms with Gasteiger partial charge in [0, 0.05) is 18.2 Å². The molecule has 0 spiro atoms. The summed E-state index contributed by atoms with van der Waals surface area (Å²) in [5.74, 6) is 1.47. The molecule has 1 unspecified atom stereocenters. The first kappa shape index (κ1) is 16.8. The highest BCUT2D eigenvalue weighted by Crippen LogP contribution is 2.31. The lowest BCUT2D eigenvalue weighted by atomic mass is 10.1. The van der Waals surface area contributed by atoms with Crippen LogP contribution in [0, 0.1) is 0 Å². The molecule has 0 aliphatic carbocycles. The predicted octanol–water partition coefficient (Wildman–Crippen LogP) is 2.73. The van der Waals surface area contributed by atoms with E-state index in [9.17, 15) is 5.11 Å². The second-order valence-electron chi connectivity index (χ2n) is 5.09. The van der Waals surface area contributed by atoms with E-state index < -0.39 is 6.10 Å². The maximum Gasteiger partial charge on any atom is 0.165 e. The Balaban J connectivity index is 2.87. The van der Waals surface area contributed by atoms with Crippen molar-refractivity contribution in [2.75, 3.05) is 13.2 Å². The number of para-hydroxylation sites is 1. The Kier molecular flexibility index (Phi) is 7.41. The largest absolute Gasteiger partial charge is 0.490 e. The molecule has 0 heterocycles. The zero-order chi connectivity index (χ0) is 15.0. The third-order valence-corrected chi connectivity index (χ3v) is 2.95. The topological polar surface area (TPSA) is 50.7 Å². The average Bonchev–Trinajstić information content (AvgIpc) is 2.43. The van der Waals surface area contributed by atoms with E-state index in [1.165, 1.54) is 0 Å². The van der Waals surface area contributed by atoms with Crippen molar-refractivity contribution in [1.82, 2.24) is 5.32 Å². The second-order valence-corrected chi connectivity index (χ2v) is 5.09. The maximum absolute atomic E-state index is 9.67. The molecule has 0 saturated carbocycles. The molecule has 1 aromatic carbocycles. The Bertz CT molecular complexity index is 393. The molecule has 0 aliphatic rings. The number of nitrogens with one attached hydrogen (secondary N) is 1. The number of hydrogen-bond acceptors (Lipinski definition) is 4. The molecule has 4 heteroatoms.